The topological polar surface area (TPSA) is 60.4 Å². The summed E-state index contributed by atoms with van der Waals surface area (Å²) in [7, 11) is 0. The summed E-state index contributed by atoms with van der Waals surface area (Å²) in [4.78, 5) is 36.0. The molecule has 0 saturated heterocycles. The maximum atomic E-state index is 13.9. The lowest BCUT2D eigenvalue weighted by Gasteiger charge is -2.15. The summed E-state index contributed by atoms with van der Waals surface area (Å²) in [5.74, 6) is -4.31. The van der Waals surface area contributed by atoms with Crippen LogP contribution in [0, 0.1) is 0 Å². The largest absolute Gasteiger partial charge is 0.461 e. The first kappa shape index (κ1) is 28.9. The Morgan fingerprint density at radius 3 is 2.29 bits per heavy atom. The average Bonchev–Trinajstić information content (AvgIpc) is 3.21. The van der Waals surface area contributed by atoms with Gasteiger partial charge in [-0.05, 0) is 49.7 Å². The van der Waals surface area contributed by atoms with E-state index in [9.17, 15) is 23.2 Å². The van der Waals surface area contributed by atoms with Crippen molar-refractivity contribution in [2.45, 2.75) is 116 Å². The number of halogens is 2. The van der Waals surface area contributed by atoms with E-state index in [-0.39, 0.29) is 31.0 Å². The Morgan fingerprint density at radius 1 is 0.886 bits per heavy atom. The molecule has 1 aromatic rings. The van der Waals surface area contributed by atoms with Crippen LogP contribution in [0.3, 0.4) is 0 Å². The van der Waals surface area contributed by atoms with E-state index in [2.05, 4.69) is 0 Å². The van der Waals surface area contributed by atoms with Gasteiger partial charge in [0, 0.05) is 25.7 Å². The number of benzene rings is 1. The zero-order valence-corrected chi connectivity index (χ0v) is 21.1. The predicted molar refractivity (Wildman–Crippen MR) is 133 cm³/mol. The lowest BCUT2D eigenvalue weighted by Crippen LogP contribution is -2.28. The molecule has 0 aliphatic heterocycles. The Hall–Kier alpha value is -2.37. The van der Waals surface area contributed by atoms with Gasteiger partial charge >= 0.3 is 11.9 Å². The smallest absolute Gasteiger partial charge is 0.306 e. The van der Waals surface area contributed by atoms with Crippen molar-refractivity contribution < 1.29 is 27.9 Å². The summed E-state index contributed by atoms with van der Waals surface area (Å²) in [5.41, 5.74) is 2.66. The number of esters is 1. The molecule has 0 amide bonds. The van der Waals surface area contributed by atoms with E-state index in [0.717, 1.165) is 55.2 Å². The van der Waals surface area contributed by atoms with Crippen LogP contribution >= 0.6 is 0 Å². The molecule has 0 fully saturated rings. The van der Waals surface area contributed by atoms with E-state index < -0.39 is 11.7 Å². The number of allylic oxidation sites excluding steroid dienone is 2. The van der Waals surface area contributed by atoms with E-state index in [1.165, 1.54) is 0 Å². The van der Waals surface area contributed by atoms with Crippen LogP contribution < -0.4 is 0 Å². The van der Waals surface area contributed by atoms with E-state index >= 15 is 0 Å². The molecular formula is C29H40F2O4. The van der Waals surface area contributed by atoms with Gasteiger partial charge in [0.1, 0.15) is 6.61 Å². The molecule has 0 atom stereocenters. The highest BCUT2D eigenvalue weighted by Crippen LogP contribution is 2.32. The van der Waals surface area contributed by atoms with Crippen molar-refractivity contribution in [2.75, 3.05) is 0 Å². The van der Waals surface area contributed by atoms with Gasteiger partial charge in [-0.15, -0.1) is 0 Å². The Kier molecular flexibility index (Phi) is 12.9. The molecule has 0 spiro atoms. The van der Waals surface area contributed by atoms with Gasteiger partial charge in [0.25, 0.3) is 0 Å². The number of rotatable bonds is 18. The monoisotopic (exact) mass is 490 g/mol. The molecule has 0 saturated carbocycles. The van der Waals surface area contributed by atoms with Gasteiger partial charge in [-0.25, -0.2) is 0 Å². The molecule has 1 aromatic carbocycles. The van der Waals surface area contributed by atoms with Gasteiger partial charge in [-0.1, -0.05) is 74.9 Å². The number of ether oxygens (including phenoxy) is 1. The van der Waals surface area contributed by atoms with Crippen molar-refractivity contribution in [1.82, 2.24) is 0 Å². The molecule has 0 heterocycles. The van der Waals surface area contributed by atoms with Crippen LogP contribution in [0.5, 0.6) is 0 Å². The number of hydrogen-bond donors (Lipinski definition) is 0. The Balaban J connectivity index is 1.58. The molecule has 6 heteroatoms. The minimum atomic E-state index is -3.25. The SMILES string of the molecule is CCCCC(F)(F)C(=O)CCC1=C(CCCCCCCCC(=O)OCc2ccccc2)C(=O)CC1. The zero-order valence-electron chi connectivity index (χ0n) is 21.1. The molecule has 1 aliphatic rings. The second kappa shape index (κ2) is 15.6. The number of carbonyl (C=O) groups is 3. The van der Waals surface area contributed by atoms with Gasteiger partial charge in [-0.2, -0.15) is 8.78 Å². The summed E-state index contributed by atoms with van der Waals surface area (Å²) in [6.07, 6.45) is 8.48. The third-order valence-electron chi connectivity index (χ3n) is 6.62. The average molecular weight is 491 g/mol. The molecule has 0 aromatic heterocycles. The molecule has 2 rings (SSSR count). The second-order valence-corrected chi connectivity index (χ2v) is 9.50. The van der Waals surface area contributed by atoms with Crippen LogP contribution in [0.25, 0.3) is 0 Å². The van der Waals surface area contributed by atoms with Crippen LogP contribution in [0.15, 0.2) is 41.5 Å². The van der Waals surface area contributed by atoms with Gasteiger partial charge in [0.05, 0.1) is 0 Å². The van der Waals surface area contributed by atoms with E-state index in [0.29, 0.717) is 45.1 Å². The Morgan fingerprint density at radius 2 is 1.57 bits per heavy atom. The highest BCUT2D eigenvalue weighted by atomic mass is 19.3. The van der Waals surface area contributed by atoms with Crippen LogP contribution in [0.4, 0.5) is 8.78 Å². The standard InChI is InChI=1S/C29H40F2O4/c1-2-3-21-29(30,31)27(33)20-18-24-17-19-26(32)25(24)15-11-6-4-5-7-12-16-28(34)35-22-23-13-9-8-10-14-23/h8-10,13-14H,2-7,11-12,15-22H2,1H3. The lowest BCUT2D eigenvalue weighted by molar-refractivity contribution is -0.145. The van der Waals surface area contributed by atoms with Crippen molar-refractivity contribution in [3.8, 4) is 0 Å². The highest BCUT2D eigenvalue weighted by Gasteiger charge is 2.37. The first-order valence-corrected chi connectivity index (χ1v) is 13.2. The number of hydrogen-bond acceptors (Lipinski definition) is 4. The van der Waals surface area contributed by atoms with E-state index in [1.807, 2.05) is 37.3 Å². The second-order valence-electron chi connectivity index (χ2n) is 9.50. The molecule has 1 aliphatic carbocycles. The molecule has 0 bridgehead atoms. The molecule has 194 valence electrons. The number of Topliss-reactive ketones (excluding diaryl/α,β-unsaturated/α-hetero) is 2. The number of ketones is 2. The third kappa shape index (κ3) is 10.8. The van der Waals surface area contributed by atoms with Crippen LogP contribution in [0.2, 0.25) is 0 Å². The first-order valence-electron chi connectivity index (χ1n) is 13.2. The highest BCUT2D eigenvalue weighted by molar-refractivity contribution is 5.98. The van der Waals surface area contributed by atoms with Crippen molar-refractivity contribution in [3.63, 3.8) is 0 Å². The first-order chi connectivity index (χ1) is 16.8. The predicted octanol–water partition coefficient (Wildman–Crippen LogP) is 7.68. The minimum absolute atomic E-state index is 0.110. The summed E-state index contributed by atoms with van der Waals surface area (Å²) >= 11 is 0. The molecular weight excluding hydrogens is 450 g/mol. The minimum Gasteiger partial charge on any atom is -0.461 e. The summed E-state index contributed by atoms with van der Waals surface area (Å²) < 4.78 is 33.1. The quantitative estimate of drug-likeness (QED) is 0.156. The van der Waals surface area contributed by atoms with E-state index in [1.54, 1.807) is 0 Å². The summed E-state index contributed by atoms with van der Waals surface area (Å²) in [6, 6.07) is 9.62. The zero-order chi connectivity index (χ0) is 25.5. The van der Waals surface area contributed by atoms with Crippen LogP contribution in [0.1, 0.15) is 109 Å². The maximum absolute atomic E-state index is 13.9. The fourth-order valence-electron chi connectivity index (χ4n) is 4.43. The third-order valence-corrected chi connectivity index (χ3v) is 6.62. The van der Waals surface area contributed by atoms with Gasteiger partial charge < -0.3 is 4.74 Å². The molecule has 0 unspecified atom stereocenters. The number of carbonyl (C=O) groups excluding carboxylic acids is 3. The van der Waals surface area contributed by atoms with Gasteiger partial charge in [-0.3, -0.25) is 14.4 Å². The van der Waals surface area contributed by atoms with Crippen molar-refractivity contribution in [3.05, 3.63) is 47.0 Å². The molecule has 35 heavy (non-hydrogen) atoms. The fraction of sp³-hybridized carbons (Fsp3) is 0.621. The van der Waals surface area contributed by atoms with Crippen molar-refractivity contribution >= 4 is 17.5 Å². The normalized spacial score (nSPS) is 14.0. The molecule has 4 nitrogen and oxygen atoms in total. The number of unbranched alkanes of at least 4 members (excludes halogenated alkanes) is 6. The van der Waals surface area contributed by atoms with Crippen LogP contribution in [-0.2, 0) is 25.7 Å². The summed E-state index contributed by atoms with van der Waals surface area (Å²) in [6.45, 7) is 2.14. The lowest BCUT2D eigenvalue weighted by atomic mass is 9.96. The van der Waals surface area contributed by atoms with Crippen molar-refractivity contribution in [2.24, 2.45) is 0 Å². The maximum Gasteiger partial charge on any atom is 0.306 e. The van der Waals surface area contributed by atoms with Gasteiger partial charge in [0.15, 0.2) is 5.78 Å². The molecule has 0 N–H and O–H groups in total. The van der Waals surface area contributed by atoms with Gasteiger partial charge in [0.2, 0.25) is 5.78 Å². The van der Waals surface area contributed by atoms with Crippen molar-refractivity contribution in [1.29, 1.82) is 0 Å². The fourth-order valence-corrected chi connectivity index (χ4v) is 4.43. The Bertz CT molecular complexity index is 845. The summed E-state index contributed by atoms with van der Waals surface area (Å²) in [5, 5.41) is 0. The number of alkyl halides is 2. The van der Waals surface area contributed by atoms with E-state index in [4.69, 9.17) is 4.74 Å². The Labute approximate surface area is 208 Å². The molecule has 0 radical (unpaired) electrons. The van der Waals surface area contributed by atoms with Crippen LogP contribution in [-0.4, -0.2) is 23.5 Å².